The van der Waals surface area contributed by atoms with Crippen molar-refractivity contribution in [2.75, 3.05) is 12.4 Å². The van der Waals surface area contributed by atoms with Gasteiger partial charge >= 0.3 is 0 Å². The summed E-state index contributed by atoms with van der Waals surface area (Å²) in [5, 5.41) is 7.02. The Morgan fingerprint density at radius 3 is 2.67 bits per heavy atom. The molecule has 0 unspecified atom stereocenters. The van der Waals surface area contributed by atoms with Gasteiger partial charge in [-0.25, -0.2) is 0 Å². The van der Waals surface area contributed by atoms with Crippen LogP contribution in [-0.2, 0) is 7.05 Å². The van der Waals surface area contributed by atoms with Crippen LogP contribution >= 0.6 is 15.9 Å². The Morgan fingerprint density at radius 2 is 2.44 bits per heavy atom. The van der Waals surface area contributed by atoms with Crippen molar-refractivity contribution in [2.24, 2.45) is 7.05 Å². The molecule has 0 spiro atoms. The largest absolute Gasteiger partial charge is 0.371 e. The smallest absolute Gasteiger partial charge is 0.162 e. The number of aromatic nitrogens is 2. The summed E-state index contributed by atoms with van der Waals surface area (Å²) in [6.07, 6.45) is 1.89. The lowest BCUT2D eigenvalue weighted by atomic mass is 10.6. The number of rotatable bonds is 1. The van der Waals surface area contributed by atoms with E-state index in [1.807, 2.05) is 20.3 Å². The Kier molecular flexibility index (Phi) is 1.75. The molecule has 1 aromatic heterocycles. The Hall–Kier alpha value is -0.510. The van der Waals surface area contributed by atoms with Crippen LogP contribution < -0.4 is 5.32 Å². The van der Waals surface area contributed by atoms with Crippen LogP contribution in [0.25, 0.3) is 0 Å². The first-order chi connectivity index (χ1) is 4.24. The Morgan fingerprint density at radius 1 is 1.78 bits per heavy atom. The van der Waals surface area contributed by atoms with E-state index in [4.69, 9.17) is 0 Å². The minimum atomic E-state index is 0.873. The average Bonchev–Trinajstić information content (AvgIpc) is 2.10. The molecule has 1 N–H and O–H groups in total. The van der Waals surface area contributed by atoms with Crippen LogP contribution in [-0.4, -0.2) is 16.8 Å². The van der Waals surface area contributed by atoms with Crippen molar-refractivity contribution in [3.05, 3.63) is 10.7 Å². The number of nitrogens with one attached hydrogen (secondary N) is 1. The summed E-state index contributed by atoms with van der Waals surface area (Å²) >= 11 is 3.33. The highest BCUT2D eigenvalue weighted by Gasteiger charge is 1.99. The van der Waals surface area contributed by atoms with E-state index in [1.54, 1.807) is 4.68 Å². The predicted octanol–water partition coefficient (Wildman–Crippen LogP) is 1.22. The summed E-state index contributed by atoms with van der Waals surface area (Å²) in [6, 6.07) is 0. The molecule has 0 aliphatic heterocycles. The SMILES string of the molecule is CNc1nn(C)cc1Br. The van der Waals surface area contributed by atoms with E-state index in [2.05, 4.69) is 26.3 Å². The van der Waals surface area contributed by atoms with E-state index < -0.39 is 0 Å². The number of aryl methyl sites for hydroxylation is 1. The molecule has 0 amide bonds. The fourth-order valence-electron chi connectivity index (χ4n) is 0.629. The summed E-state index contributed by atoms with van der Waals surface area (Å²) in [5.74, 6) is 0.873. The molecule has 50 valence electrons. The Balaban J connectivity index is 3.01. The monoisotopic (exact) mass is 189 g/mol. The fraction of sp³-hybridized carbons (Fsp3) is 0.400. The van der Waals surface area contributed by atoms with E-state index in [1.165, 1.54) is 0 Å². The molecular formula is C5H8BrN3. The van der Waals surface area contributed by atoms with Gasteiger partial charge in [-0.2, -0.15) is 5.10 Å². The zero-order valence-electron chi connectivity index (χ0n) is 5.35. The molecule has 1 aromatic rings. The molecule has 0 saturated heterocycles. The van der Waals surface area contributed by atoms with Crippen LogP contribution in [0.4, 0.5) is 5.82 Å². The lowest BCUT2D eigenvalue weighted by Gasteiger charge is -1.89. The first-order valence-corrected chi connectivity index (χ1v) is 3.40. The highest BCUT2D eigenvalue weighted by molar-refractivity contribution is 9.10. The van der Waals surface area contributed by atoms with E-state index in [0.717, 1.165) is 10.3 Å². The topological polar surface area (TPSA) is 29.9 Å². The van der Waals surface area contributed by atoms with E-state index >= 15 is 0 Å². The van der Waals surface area contributed by atoms with Gasteiger partial charge in [0, 0.05) is 20.3 Å². The molecule has 1 heterocycles. The maximum Gasteiger partial charge on any atom is 0.162 e. The molecule has 0 atom stereocenters. The number of hydrogen-bond donors (Lipinski definition) is 1. The minimum Gasteiger partial charge on any atom is -0.371 e. The Labute approximate surface area is 62.2 Å². The van der Waals surface area contributed by atoms with Gasteiger partial charge in [0.15, 0.2) is 5.82 Å². The molecule has 0 radical (unpaired) electrons. The lowest BCUT2D eigenvalue weighted by molar-refractivity contribution is 0.770. The van der Waals surface area contributed by atoms with Crippen molar-refractivity contribution in [3.63, 3.8) is 0 Å². The normalized spacial score (nSPS) is 9.67. The van der Waals surface area contributed by atoms with Crippen LogP contribution in [0.2, 0.25) is 0 Å². The van der Waals surface area contributed by atoms with Crippen molar-refractivity contribution in [3.8, 4) is 0 Å². The van der Waals surface area contributed by atoms with Crippen LogP contribution in [0.15, 0.2) is 10.7 Å². The molecule has 0 aliphatic carbocycles. The zero-order chi connectivity index (χ0) is 6.85. The standard InChI is InChI=1S/C5H8BrN3/c1-7-5-4(6)3-9(2)8-5/h3H,1-2H3,(H,7,8). The quantitative estimate of drug-likeness (QED) is 0.721. The first-order valence-electron chi connectivity index (χ1n) is 2.61. The van der Waals surface area contributed by atoms with Gasteiger partial charge < -0.3 is 5.32 Å². The molecule has 0 aromatic carbocycles. The zero-order valence-corrected chi connectivity index (χ0v) is 6.94. The maximum absolute atomic E-state index is 4.09. The van der Waals surface area contributed by atoms with Crippen molar-refractivity contribution in [1.82, 2.24) is 9.78 Å². The molecule has 1 rings (SSSR count). The minimum absolute atomic E-state index is 0.873. The molecule has 9 heavy (non-hydrogen) atoms. The van der Waals surface area contributed by atoms with Crippen LogP contribution in [0, 0.1) is 0 Å². The molecular weight excluding hydrogens is 182 g/mol. The lowest BCUT2D eigenvalue weighted by Crippen LogP contribution is -1.91. The molecule has 0 fully saturated rings. The predicted molar refractivity (Wildman–Crippen MR) is 40.5 cm³/mol. The van der Waals surface area contributed by atoms with Gasteiger partial charge in [-0.15, -0.1) is 0 Å². The van der Waals surface area contributed by atoms with Gasteiger partial charge in [0.05, 0.1) is 4.47 Å². The van der Waals surface area contributed by atoms with Crippen molar-refractivity contribution < 1.29 is 0 Å². The van der Waals surface area contributed by atoms with Gasteiger partial charge in [-0.1, -0.05) is 0 Å². The molecule has 0 saturated carbocycles. The number of halogens is 1. The molecule has 0 aliphatic rings. The van der Waals surface area contributed by atoms with Gasteiger partial charge in [0.1, 0.15) is 0 Å². The summed E-state index contributed by atoms with van der Waals surface area (Å²) < 4.78 is 2.74. The van der Waals surface area contributed by atoms with E-state index in [9.17, 15) is 0 Å². The molecule has 3 nitrogen and oxygen atoms in total. The number of nitrogens with zero attached hydrogens (tertiary/aromatic N) is 2. The fourth-order valence-corrected chi connectivity index (χ4v) is 1.20. The second-order valence-corrected chi connectivity index (χ2v) is 2.60. The molecule has 0 bridgehead atoms. The van der Waals surface area contributed by atoms with E-state index in [-0.39, 0.29) is 0 Å². The highest BCUT2D eigenvalue weighted by Crippen LogP contribution is 2.17. The van der Waals surface area contributed by atoms with E-state index in [0.29, 0.717) is 0 Å². The second kappa shape index (κ2) is 2.39. The summed E-state index contributed by atoms with van der Waals surface area (Å²) in [7, 11) is 3.72. The van der Waals surface area contributed by atoms with Gasteiger partial charge in [-0.05, 0) is 15.9 Å². The van der Waals surface area contributed by atoms with Crippen molar-refractivity contribution in [2.45, 2.75) is 0 Å². The average molecular weight is 190 g/mol. The van der Waals surface area contributed by atoms with Gasteiger partial charge in [-0.3, -0.25) is 4.68 Å². The van der Waals surface area contributed by atoms with Crippen LogP contribution in [0.3, 0.4) is 0 Å². The highest BCUT2D eigenvalue weighted by atomic mass is 79.9. The van der Waals surface area contributed by atoms with Crippen LogP contribution in [0.1, 0.15) is 0 Å². The Bertz CT molecular complexity index is 206. The third-order valence-corrected chi connectivity index (χ3v) is 1.60. The molecule has 4 heteroatoms. The summed E-state index contributed by atoms with van der Waals surface area (Å²) in [4.78, 5) is 0. The number of anilines is 1. The van der Waals surface area contributed by atoms with Crippen LogP contribution in [0.5, 0.6) is 0 Å². The third-order valence-electron chi connectivity index (χ3n) is 1.02. The van der Waals surface area contributed by atoms with Crippen molar-refractivity contribution in [1.29, 1.82) is 0 Å². The summed E-state index contributed by atoms with van der Waals surface area (Å²) in [5.41, 5.74) is 0. The summed E-state index contributed by atoms with van der Waals surface area (Å²) in [6.45, 7) is 0. The number of hydrogen-bond acceptors (Lipinski definition) is 2. The van der Waals surface area contributed by atoms with Gasteiger partial charge in [0.2, 0.25) is 0 Å². The van der Waals surface area contributed by atoms with Gasteiger partial charge in [0.25, 0.3) is 0 Å². The maximum atomic E-state index is 4.09. The third kappa shape index (κ3) is 1.24. The second-order valence-electron chi connectivity index (χ2n) is 1.75. The van der Waals surface area contributed by atoms with Crippen molar-refractivity contribution >= 4 is 21.7 Å². The first kappa shape index (κ1) is 6.61.